The van der Waals surface area contributed by atoms with Gasteiger partial charge in [0.25, 0.3) is 5.91 Å². The fourth-order valence-electron chi connectivity index (χ4n) is 2.82. The van der Waals surface area contributed by atoms with Gasteiger partial charge in [-0.15, -0.1) is 0 Å². The zero-order valence-corrected chi connectivity index (χ0v) is 15.2. The fraction of sp³-hybridized carbons (Fsp3) is 0.263. The minimum absolute atomic E-state index is 0.272. The van der Waals surface area contributed by atoms with Crippen molar-refractivity contribution in [2.45, 2.75) is 13.3 Å². The number of aromatic nitrogens is 2. The van der Waals surface area contributed by atoms with Crippen molar-refractivity contribution in [3.63, 3.8) is 0 Å². The van der Waals surface area contributed by atoms with Crippen LogP contribution in [0.1, 0.15) is 23.1 Å². The summed E-state index contributed by atoms with van der Waals surface area (Å²) in [5.41, 5.74) is 2.33. The first-order valence-corrected chi connectivity index (χ1v) is 8.20. The number of carbonyl (C=O) groups excluding carboxylic acids is 1. The van der Waals surface area contributed by atoms with Gasteiger partial charge in [-0.1, -0.05) is 6.92 Å². The van der Waals surface area contributed by atoms with E-state index in [1.807, 2.05) is 19.1 Å². The number of imidazole rings is 1. The lowest BCUT2D eigenvalue weighted by molar-refractivity contribution is 0.102. The summed E-state index contributed by atoms with van der Waals surface area (Å²) in [5.74, 6) is 1.50. The number of pyridine rings is 1. The molecule has 1 aromatic carbocycles. The van der Waals surface area contributed by atoms with Gasteiger partial charge in [0.2, 0.25) is 0 Å². The van der Waals surface area contributed by atoms with E-state index in [1.165, 1.54) is 0 Å². The van der Waals surface area contributed by atoms with Crippen LogP contribution in [-0.2, 0) is 6.42 Å². The number of methoxy groups -OCH3 is 3. The van der Waals surface area contributed by atoms with Crippen LogP contribution in [-0.4, -0.2) is 36.6 Å². The predicted molar refractivity (Wildman–Crippen MR) is 98.6 cm³/mol. The van der Waals surface area contributed by atoms with Gasteiger partial charge in [0.15, 0.2) is 11.4 Å². The highest BCUT2D eigenvalue weighted by atomic mass is 16.5. The van der Waals surface area contributed by atoms with Crippen LogP contribution in [0.25, 0.3) is 5.65 Å². The number of carbonyl (C=O) groups is 1. The van der Waals surface area contributed by atoms with Crippen LogP contribution in [0.2, 0.25) is 0 Å². The molecule has 7 nitrogen and oxygen atoms in total. The Kier molecular flexibility index (Phi) is 4.97. The Hall–Kier alpha value is -3.22. The Labute approximate surface area is 151 Å². The third-order valence-corrected chi connectivity index (χ3v) is 4.11. The Morgan fingerprint density at radius 3 is 2.54 bits per heavy atom. The maximum Gasteiger partial charge on any atom is 0.274 e. The Morgan fingerprint density at radius 1 is 1.12 bits per heavy atom. The molecule has 2 aromatic heterocycles. The number of aryl methyl sites for hydroxylation is 1. The molecule has 0 aliphatic carbocycles. The molecule has 136 valence electrons. The number of fused-ring (bicyclic) bond motifs is 1. The summed E-state index contributed by atoms with van der Waals surface area (Å²) in [4.78, 5) is 17.6. The van der Waals surface area contributed by atoms with Gasteiger partial charge < -0.3 is 19.5 Å². The summed E-state index contributed by atoms with van der Waals surface area (Å²) in [7, 11) is 4.70. The van der Waals surface area contributed by atoms with Crippen molar-refractivity contribution in [3.8, 4) is 17.2 Å². The van der Waals surface area contributed by atoms with Crippen molar-refractivity contribution in [1.29, 1.82) is 0 Å². The van der Waals surface area contributed by atoms with Crippen molar-refractivity contribution >= 4 is 17.2 Å². The molecular formula is C19H21N3O4. The third-order valence-electron chi connectivity index (χ3n) is 4.11. The molecule has 3 aromatic rings. The van der Waals surface area contributed by atoms with Gasteiger partial charge in [-0.3, -0.25) is 9.20 Å². The summed E-state index contributed by atoms with van der Waals surface area (Å²) in [6.07, 6.45) is 2.41. The first-order chi connectivity index (χ1) is 12.6. The lowest BCUT2D eigenvalue weighted by Crippen LogP contribution is -2.16. The highest BCUT2D eigenvalue weighted by Gasteiger charge is 2.21. The molecule has 3 rings (SSSR count). The van der Waals surface area contributed by atoms with Crippen LogP contribution >= 0.6 is 0 Å². The van der Waals surface area contributed by atoms with Crippen LogP contribution in [0.3, 0.4) is 0 Å². The number of anilines is 1. The zero-order valence-electron chi connectivity index (χ0n) is 15.2. The van der Waals surface area contributed by atoms with E-state index in [2.05, 4.69) is 10.3 Å². The lowest BCUT2D eigenvalue weighted by atomic mass is 10.2. The highest BCUT2D eigenvalue weighted by molar-refractivity contribution is 6.05. The SMILES string of the molecule is CCc1nc2c(OC)cccn2c1C(=O)Nc1ccc(OC)cc1OC. The molecule has 7 heteroatoms. The molecule has 0 aliphatic rings. The number of amides is 1. The second-order valence-corrected chi connectivity index (χ2v) is 5.55. The molecule has 0 saturated carbocycles. The molecule has 0 spiro atoms. The predicted octanol–water partition coefficient (Wildman–Crippen LogP) is 3.17. The first kappa shape index (κ1) is 17.6. The number of rotatable bonds is 6. The number of benzene rings is 1. The molecule has 0 atom stereocenters. The quantitative estimate of drug-likeness (QED) is 0.735. The van der Waals surface area contributed by atoms with Crippen LogP contribution in [0.15, 0.2) is 36.5 Å². The van der Waals surface area contributed by atoms with Crippen LogP contribution in [0.4, 0.5) is 5.69 Å². The van der Waals surface area contributed by atoms with Crippen LogP contribution in [0, 0.1) is 0 Å². The van der Waals surface area contributed by atoms with Crippen molar-refractivity contribution in [3.05, 3.63) is 47.9 Å². The van der Waals surface area contributed by atoms with Gasteiger partial charge in [-0.25, -0.2) is 4.98 Å². The Balaban J connectivity index is 2.03. The monoisotopic (exact) mass is 355 g/mol. The van der Waals surface area contributed by atoms with Gasteiger partial charge in [-0.05, 0) is 30.7 Å². The molecule has 26 heavy (non-hydrogen) atoms. The summed E-state index contributed by atoms with van der Waals surface area (Å²) in [5, 5.41) is 2.90. The van der Waals surface area contributed by atoms with E-state index < -0.39 is 0 Å². The Morgan fingerprint density at radius 2 is 1.88 bits per heavy atom. The van der Waals surface area contributed by atoms with Crippen molar-refractivity contribution in [1.82, 2.24) is 9.38 Å². The summed E-state index contributed by atoms with van der Waals surface area (Å²) in [6, 6.07) is 8.85. The standard InChI is InChI=1S/C19H21N3O4/c1-5-13-17(22-10-6-7-15(25-3)18(22)20-13)19(23)21-14-9-8-12(24-2)11-16(14)26-4/h6-11H,5H2,1-4H3,(H,21,23). The minimum atomic E-state index is -0.272. The molecule has 0 bridgehead atoms. The number of hydrogen-bond acceptors (Lipinski definition) is 5. The van der Waals surface area contributed by atoms with E-state index in [0.29, 0.717) is 46.4 Å². The van der Waals surface area contributed by atoms with E-state index in [-0.39, 0.29) is 5.91 Å². The zero-order chi connectivity index (χ0) is 18.7. The van der Waals surface area contributed by atoms with Gasteiger partial charge >= 0.3 is 0 Å². The van der Waals surface area contributed by atoms with E-state index in [0.717, 1.165) is 0 Å². The summed E-state index contributed by atoms with van der Waals surface area (Å²) < 4.78 is 17.6. The number of ether oxygens (including phenoxy) is 3. The Bertz CT molecular complexity index is 949. The summed E-state index contributed by atoms with van der Waals surface area (Å²) in [6.45, 7) is 1.96. The molecule has 2 heterocycles. The van der Waals surface area contributed by atoms with E-state index in [1.54, 1.807) is 50.1 Å². The minimum Gasteiger partial charge on any atom is -0.497 e. The van der Waals surface area contributed by atoms with Crippen molar-refractivity contribution < 1.29 is 19.0 Å². The van der Waals surface area contributed by atoms with Gasteiger partial charge in [0, 0.05) is 12.3 Å². The second-order valence-electron chi connectivity index (χ2n) is 5.55. The van der Waals surface area contributed by atoms with E-state index in [4.69, 9.17) is 14.2 Å². The van der Waals surface area contributed by atoms with E-state index >= 15 is 0 Å². The topological polar surface area (TPSA) is 74.1 Å². The van der Waals surface area contributed by atoms with Gasteiger partial charge in [0.1, 0.15) is 17.2 Å². The van der Waals surface area contributed by atoms with E-state index in [9.17, 15) is 4.79 Å². The van der Waals surface area contributed by atoms with Crippen molar-refractivity contribution in [2.75, 3.05) is 26.6 Å². The lowest BCUT2D eigenvalue weighted by Gasteiger charge is -2.12. The number of nitrogens with one attached hydrogen (secondary N) is 1. The first-order valence-electron chi connectivity index (χ1n) is 8.20. The van der Waals surface area contributed by atoms with Gasteiger partial charge in [0.05, 0.1) is 32.7 Å². The normalized spacial score (nSPS) is 10.6. The molecular weight excluding hydrogens is 334 g/mol. The van der Waals surface area contributed by atoms with Crippen LogP contribution in [0.5, 0.6) is 17.2 Å². The molecule has 1 N–H and O–H groups in total. The van der Waals surface area contributed by atoms with Crippen LogP contribution < -0.4 is 19.5 Å². The average molecular weight is 355 g/mol. The largest absolute Gasteiger partial charge is 0.497 e. The van der Waals surface area contributed by atoms with Gasteiger partial charge in [-0.2, -0.15) is 0 Å². The average Bonchev–Trinajstić information content (AvgIpc) is 3.06. The molecule has 0 aliphatic heterocycles. The number of nitrogens with zero attached hydrogens (tertiary/aromatic N) is 2. The fourth-order valence-corrected chi connectivity index (χ4v) is 2.82. The van der Waals surface area contributed by atoms with Crippen molar-refractivity contribution in [2.24, 2.45) is 0 Å². The maximum absolute atomic E-state index is 13.0. The molecule has 0 unspecified atom stereocenters. The molecule has 0 fully saturated rings. The smallest absolute Gasteiger partial charge is 0.274 e. The molecule has 0 radical (unpaired) electrons. The highest BCUT2D eigenvalue weighted by Crippen LogP contribution is 2.30. The second kappa shape index (κ2) is 7.35. The molecule has 0 saturated heterocycles. The maximum atomic E-state index is 13.0. The molecule has 1 amide bonds. The summed E-state index contributed by atoms with van der Waals surface area (Å²) >= 11 is 0. The third kappa shape index (κ3) is 3.03. The number of hydrogen-bond donors (Lipinski definition) is 1.